The molecule has 1 aliphatic carbocycles. The van der Waals surface area contributed by atoms with Gasteiger partial charge < -0.3 is 16.6 Å². The first kappa shape index (κ1) is 7.50. The van der Waals surface area contributed by atoms with Gasteiger partial charge in [0, 0.05) is 6.04 Å². The SMILES string of the molecule is NC(CC1CC1N)C(=O)O. The Balaban J connectivity index is 2.19. The topological polar surface area (TPSA) is 89.3 Å². The maximum atomic E-state index is 10.2. The predicted octanol–water partition coefficient (Wildman–Crippen LogP) is -0.864. The van der Waals surface area contributed by atoms with Crippen LogP contribution in [0, 0.1) is 5.92 Å². The van der Waals surface area contributed by atoms with E-state index in [2.05, 4.69) is 0 Å². The molecule has 4 heteroatoms. The highest BCUT2D eigenvalue weighted by Crippen LogP contribution is 2.31. The summed E-state index contributed by atoms with van der Waals surface area (Å²) in [5.74, 6) is -0.579. The zero-order valence-corrected chi connectivity index (χ0v) is 5.66. The molecule has 0 bridgehead atoms. The van der Waals surface area contributed by atoms with E-state index < -0.39 is 12.0 Å². The second-order valence-corrected chi connectivity index (χ2v) is 2.84. The first-order valence-electron chi connectivity index (χ1n) is 3.35. The van der Waals surface area contributed by atoms with Gasteiger partial charge in [-0.05, 0) is 18.8 Å². The van der Waals surface area contributed by atoms with Gasteiger partial charge in [-0.2, -0.15) is 0 Å². The van der Waals surface area contributed by atoms with Crippen LogP contribution in [0.3, 0.4) is 0 Å². The highest BCUT2D eigenvalue weighted by Gasteiger charge is 2.35. The number of carboxylic acids is 1. The summed E-state index contributed by atoms with van der Waals surface area (Å²) >= 11 is 0. The molecule has 1 saturated carbocycles. The van der Waals surface area contributed by atoms with Gasteiger partial charge in [0.05, 0.1) is 0 Å². The molecular weight excluding hydrogens is 132 g/mol. The Bertz CT molecular complexity index is 149. The van der Waals surface area contributed by atoms with E-state index in [0.717, 1.165) is 6.42 Å². The molecule has 0 aromatic carbocycles. The van der Waals surface area contributed by atoms with Gasteiger partial charge in [0.25, 0.3) is 0 Å². The van der Waals surface area contributed by atoms with Gasteiger partial charge in [-0.3, -0.25) is 4.79 Å². The fourth-order valence-corrected chi connectivity index (χ4v) is 0.969. The van der Waals surface area contributed by atoms with Crippen LogP contribution in [0.2, 0.25) is 0 Å². The summed E-state index contributed by atoms with van der Waals surface area (Å²) in [6.45, 7) is 0. The lowest BCUT2D eigenvalue weighted by atomic mass is 10.1. The van der Waals surface area contributed by atoms with Crippen LogP contribution in [0.4, 0.5) is 0 Å². The van der Waals surface area contributed by atoms with Crippen molar-refractivity contribution >= 4 is 5.97 Å². The molecule has 0 spiro atoms. The van der Waals surface area contributed by atoms with Crippen LogP contribution in [0.1, 0.15) is 12.8 Å². The molecule has 4 nitrogen and oxygen atoms in total. The standard InChI is InChI=1S/C6H12N2O2/c7-4-1-3(4)2-5(8)6(9)10/h3-5H,1-2,7-8H2,(H,9,10). The molecule has 0 aromatic heterocycles. The van der Waals surface area contributed by atoms with Crippen LogP contribution in [0.25, 0.3) is 0 Å². The summed E-state index contributed by atoms with van der Waals surface area (Å²) in [7, 11) is 0. The van der Waals surface area contributed by atoms with Gasteiger partial charge in [-0.15, -0.1) is 0 Å². The fourth-order valence-electron chi connectivity index (χ4n) is 0.969. The lowest BCUT2D eigenvalue weighted by Gasteiger charge is -2.02. The number of hydrogen-bond acceptors (Lipinski definition) is 3. The third-order valence-electron chi connectivity index (χ3n) is 1.85. The van der Waals surface area contributed by atoms with Gasteiger partial charge in [-0.1, -0.05) is 0 Å². The highest BCUT2D eigenvalue weighted by atomic mass is 16.4. The van der Waals surface area contributed by atoms with Crippen LogP contribution in [0.5, 0.6) is 0 Å². The smallest absolute Gasteiger partial charge is 0.320 e. The summed E-state index contributed by atoms with van der Waals surface area (Å²) < 4.78 is 0. The molecule has 0 saturated heterocycles. The number of rotatable bonds is 3. The minimum absolute atomic E-state index is 0.199. The van der Waals surface area contributed by atoms with Crippen LogP contribution in [-0.4, -0.2) is 23.2 Å². The zero-order chi connectivity index (χ0) is 7.72. The Morgan fingerprint density at radius 2 is 2.30 bits per heavy atom. The maximum absolute atomic E-state index is 10.2. The Morgan fingerprint density at radius 1 is 1.80 bits per heavy atom. The lowest BCUT2D eigenvalue weighted by Crippen LogP contribution is -2.31. The Hall–Kier alpha value is -0.610. The molecule has 58 valence electrons. The van der Waals surface area contributed by atoms with Gasteiger partial charge in [0.15, 0.2) is 0 Å². The zero-order valence-electron chi connectivity index (χ0n) is 5.66. The molecule has 0 heterocycles. The van der Waals surface area contributed by atoms with Crippen molar-refractivity contribution in [2.45, 2.75) is 24.9 Å². The predicted molar refractivity (Wildman–Crippen MR) is 36.3 cm³/mol. The fraction of sp³-hybridized carbons (Fsp3) is 0.833. The third kappa shape index (κ3) is 1.68. The van der Waals surface area contributed by atoms with E-state index in [1.807, 2.05) is 0 Å². The minimum atomic E-state index is -0.931. The molecule has 1 rings (SSSR count). The van der Waals surface area contributed by atoms with Crippen molar-refractivity contribution in [2.24, 2.45) is 17.4 Å². The van der Waals surface area contributed by atoms with E-state index in [-0.39, 0.29) is 6.04 Å². The second kappa shape index (κ2) is 2.56. The molecule has 1 aliphatic rings. The van der Waals surface area contributed by atoms with Crippen molar-refractivity contribution < 1.29 is 9.90 Å². The average Bonchev–Trinajstić information content (AvgIpc) is 2.46. The highest BCUT2D eigenvalue weighted by molar-refractivity contribution is 5.73. The van der Waals surface area contributed by atoms with Crippen LogP contribution >= 0.6 is 0 Å². The number of hydrogen-bond donors (Lipinski definition) is 3. The van der Waals surface area contributed by atoms with E-state index in [1.165, 1.54) is 0 Å². The summed E-state index contributed by atoms with van der Waals surface area (Å²) in [5, 5.41) is 8.38. The second-order valence-electron chi connectivity index (χ2n) is 2.84. The van der Waals surface area contributed by atoms with Crippen molar-refractivity contribution in [1.29, 1.82) is 0 Å². The van der Waals surface area contributed by atoms with Crippen LogP contribution < -0.4 is 11.5 Å². The Labute approximate surface area is 59.2 Å². The number of nitrogens with two attached hydrogens (primary N) is 2. The van der Waals surface area contributed by atoms with Gasteiger partial charge in [0.2, 0.25) is 0 Å². The molecule has 0 aliphatic heterocycles. The Kier molecular flexibility index (Phi) is 1.92. The van der Waals surface area contributed by atoms with E-state index in [4.69, 9.17) is 16.6 Å². The third-order valence-corrected chi connectivity index (χ3v) is 1.85. The Morgan fingerprint density at radius 3 is 2.60 bits per heavy atom. The molecule has 0 radical (unpaired) electrons. The van der Waals surface area contributed by atoms with Gasteiger partial charge >= 0.3 is 5.97 Å². The van der Waals surface area contributed by atoms with Crippen molar-refractivity contribution in [3.05, 3.63) is 0 Å². The molecule has 10 heavy (non-hydrogen) atoms. The summed E-state index contributed by atoms with van der Waals surface area (Å²) in [6, 6.07) is -0.524. The average molecular weight is 144 g/mol. The van der Waals surface area contributed by atoms with Crippen molar-refractivity contribution in [3.8, 4) is 0 Å². The van der Waals surface area contributed by atoms with E-state index in [1.54, 1.807) is 0 Å². The molecule has 0 amide bonds. The molecule has 5 N–H and O–H groups in total. The quantitative estimate of drug-likeness (QED) is 0.480. The largest absolute Gasteiger partial charge is 0.480 e. The van der Waals surface area contributed by atoms with E-state index in [0.29, 0.717) is 12.3 Å². The molecule has 3 atom stereocenters. The van der Waals surface area contributed by atoms with E-state index >= 15 is 0 Å². The van der Waals surface area contributed by atoms with Gasteiger partial charge in [0.1, 0.15) is 6.04 Å². The number of aliphatic carboxylic acids is 1. The van der Waals surface area contributed by atoms with Crippen LogP contribution in [0.15, 0.2) is 0 Å². The van der Waals surface area contributed by atoms with E-state index in [9.17, 15) is 4.79 Å². The first-order chi connectivity index (χ1) is 4.61. The lowest BCUT2D eigenvalue weighted by molar-refractivity contribution is -0.138. The van der Waals surface area contributed by atoms with Crippen molar-refractivity contribution in [2.75, 3.05) is 0 Å². The monoisotopic (exact) mass is 144 g/mol. The summed E-state index contributed by atoms with van der Waals surface area (Å²) in [5.41, 5.74) is 10.7. The molecule has 1 fully saturated rings. The number of carboxylic acid groups (broad SMARTS) is 1. The van der Waals surface area contributed by atoms with Gasteiger partial charge in [-0.25, -0.2) is 0 Å². The summed E-state index contributed by atoms with van der Waals surface area (Å²) in [6.07, 6.45) is 1.46. The van der Waals surface area contributed by atoms with Crippen LogP contribution in [-0.2, 0) is 4.79 Å². The molecule has 0 aromatic rings. The number of carbonyl (C=O) groups is 1. The van der Waals surface area contributed by atoms with Crippen molar-refractivity contribution in [3.63, 3.8) is 0 Å². The van der Waals surface area contributed by atoms with Crippen molar-refractivity contribution in [1.82, 2.24) is 0 Å². The first-order valence-corrected chi connectivity index (χ1v) is 3.35. The normalized spacial score (nSPS) is 33.4. The maximum Gasteiger partial charge on any atom is 0.320 e. The molecule has 3 unspecified atom stereocenters. The minimum Gasteiger partial charge on any atom is -0.480 e. The molecular formula is C6H12N2O2. The summed E-state index contributed by atoms with van der Waals surface area (Å²) in [4.78, 5) is 10.2.